The third-order valence-electron chi connectivity index (χ3n) is 6.61. The van der Waals surface area contributed by atoms with Gasteiger partial charge in [0.2, 0.25) is 5.91 Å². The van der Waals surface area contributed by atoms with Crippen LogP contribution in [0.4, 0.5) is 0 Å². The molecule has 37 heavy (non-hydrogen) atoms. The van der Waals surface area contributed by atoms with E-state index in [0.717, 1.165) is 28.0 Å². The highest BCUT2D eigenvalue weighted by Gasteiger charge is 2.43. The molecule has 3 aromatic rings. The van der Waals surface area contributed by atoms with Crippen molar-refractivity contribution in [2.75, 3.05) is 6.61 Å². The summed E-state index contributed by atoms with van der Waals surface area (Å²) in [5, 5.41) is 1.30. The third kappa shape index (κ3) is 5.71. The van der Waals surface area contributed by atoms with Gasteiger partial charge in [-0.1, -0.05) is 88.2 Å². The van der Waals surface area contributed by atoms with E-state index in [2.05, 4.69) is 32.9 Å². The van der Waals surface area contributed by atoms with Crippen LogP contribution in [0.2, 0.25) is 10.0 Å². The normalized spacial score (nSPS) is 17.8. The number of rotatable bonds is 6. The lowest BCUT2D eigenvalue weighted by molar-refractivity contribution is -0.132. The van der Waals surface area contributed by atoms with Gasteiger partial charge in [-0.15, -0.1) is 0 Å². The Morgan fingerprint density at radius 1 is 0.946 bits per heavy atom. The number of hydrogen-bond acceptors (Lipinski definition) is 3. The molecular weight excluding hydrogens is 503 g/mol. The van der Waals surface area contributed by atoms with Crippen LogP contribution in [0, 0.1) is 5.92 Å². The Balaban J connectivity index is 1.95. The number of carbonyl (C=O) groups excluding carboxylic acids is 1. The van der Waals surface area contributed by atoms with E-state index < -0.39 is 0 Å². The first-order valence-electron chi connectivity index (χ1n) is 12.7. The fourth-order valence-corrected chi connectivity index (χ4v) is 4.87. The van der Waals surface area contributed by atoms with Crippen LogP contribution in [0.25, 0.3) is 0 Å². The summed E-state index contributed by atoms with van der Waals surface area (Å²) in [4.78, 5) is 20.9. The maximum absolute atomic E-state index is 13.9. The summed E-state index contributed by atoms with van der Waals surface area (Å²) in [6.45, 7) is 12.8. The quantitative estimate of drug-likeness (QED) is 0.317. The number of aliphatic imine (C=N–C) groups is 1. The summed E-state index contributed by atoms with van der Waals surface area (Å²) in [6.07, 6.45) is 0. The van der Waals surface area contributed by atoms with Gasteiger partial charge in [-0.3, -0.25) is 14.7 Å². The number of carbonyl (C=O) groups is 1. The predicted octanol–water partition coefficient (Wildman–Crippen LogP) is 8.42. The Bertz CT molecular complexity index is 1290. The lowest BCUT2D eigenvalue weighted by Crippen LogP contribution is -2.40. The molecule has 1 aliphatic rings. The highest BCUT2D eigenvalue weighted by molar-refractivity contribution is 6.30. The van der Waals surface area contributed by atoms with Gasteiger partial charge in [0, 0.05) is 16.0 Å². The van der Waals surface area contributed by atoms with E-state index in [0.29, 0.717) is 22.5 Å². The van der Waals surface area contributed by atoms with Crippen LogP contribution in [0.5, 0.6) is 5.75 Å². The van der Waals surface area contributed by atoms with E-state index in [1.807, 2.05) is 80.3 Å². The zero-order valence-electron chi connectivity index (χ0n) is 22.3. The summed E-state index contributed by atoms with van der Waals surface area (Å²) < 4.78 is 6.13. The molecule has 0 saturated heterocycles. The van der Waals surface area contributed by atoms with Crippen LogP contribution in [-0.4, -0.2) is 23.2 Å². The van der Waals surface area contributed by atoms with E-state index >= 15 is 0 Å². The summed E-state index contributed by atoms with van der Waals surface area (Å²) in [5.41, 5.74) is 3.85. The second-order valence-corrected chi connectivity index (χ2v) is 11.6. The van der Waals surface area contributed by atoms with Gasteiger partial charge in [0.25, 0.3) is 0 Å². The first-order chi connectivity index (χ1) is 17.5. The molecule has 0 aromatic heterocycles. The average Bonchev–Trinajstić information content (AvgIpc) is 3.24. The molecule has 6 heteroatoms. The zero-order chi connectivity index (χ0) is 26.9. The van der Waals surface area contributed by atoms with Crippen molar-refractivity contribution in [1.29, 1.82) is 0 Å². The first kappa shape index (κ1) is 27.2. The van der Waals surface area contributed by atoms with Crippen molar-refractivity contribution >= 4 is 34.9 Å². The number of hydrogen-bond donors (Lipinski definition) is 0. The summed E-state index contributed by atoms with van der Waals surface area (Å²) >= 11 is 12.4. The van der Waals surface area contributed by atoms with E-state index in [1.54, 1.807) is 0 Å². The minimum Gasteiger partial charge on any atom is -0.493 e. The van der Waals surface area contributed by atoms with Crippen LogP contribution in [0.15, 0.2) is 71.7 Å². The fraction of sp³-hybridized carbons (Fsp3) is 0.355. The monoisotopic (exact) mass is 536 g/mol. The van der Waals surface area contributed by atoms with Gasteiger partial charge in [-0.25, -0.2) is 0 Å². The van der Waals surface area contributed by atoms with Crippen LogP contribution >= 0.6 is 23.2 Å². The highest BCUT2D eigenvalue weighted by atomic mass is 35.5. The average molecular weight is 538 g/mol. The standard InChI is InChI=1S/C31H34Cl2N2O2/c1-7-37-26-18-22(31(4,5)6)12-17-25(26)29-34-27(20-8-13-23(32)14-9-20)28(35(29)30(36)19(2)3)21-10-15-24(33)16-11-21/h8-19,27-28H,7H2,1-6H3. The van der Waals surface area contributed by atoms with Crippen molar-refractivity contribution in [2.45, 2.75) is 59.0 Å². The fourth-order valence-electron chi connectivity index (χ4n) is 4.61. The Hall–Kier alpha value is -2.82. The van der Waals surface area contributed by atoms with Gasteiger partial charge in [0.05, 0.1) is 18.2 Å². The van der Waals surface area contributed by atoms with Gasteiger partial charge in [0.15, 0.2) is 0 Å². The van der Waals surface area contributed by atoms with Gasteiger partial charge in [-0.2, -0.15) is 0 Å². The Kier molecular flexibility index (Phi) is 8.01. The van der Waals surface area contributed by atoms with Crippen LogP contribution in [-0.2, 0) is 10.2 Å². The van der Waals surface area contributed by atoms with E-state index in [1.165, 1.54) is 0 Å². The zero-order valence-corrected chi connectivity index (χ0v) is 23.8. The number of amides is 1. The van der Waals surface area contributed by atoms with E-state index in [9.17, 15) is 4.79 Å². The number of amidine groups is 1. The molecular formula is C31H34Cl2N2O2. The highest BCUT2D eigenvalue weighted by Crippen LogP contribution is 2.46. The minimum absolute atomic E-state index is 0.00231. The number of benzene rings is 3. The molecule has 3 aromatic carbocycles. The minimum atomic E-state index is -0.347. The lowest BCUT2D eigenvalue weighted by Gasteiger charge is -2.31. The summed E-state index contributed by atoms with van der Waals surface area (Å²) in [6, 6.07) is 20.9. The molecule has 2 atom stereocenters. The molecule has 0 N–H and O–H groups in total. The molecule has 2 unspecified atom stereocenters. The molecule has 1 amide bonds. The molecule has 194 valence electrons. The van der Waals surface area contributed by atoms with Crippen molar-refractivity contribution < 1.29 is 9.53 Å². The van der Waals surface area contributed by atoms with Crippen molar-refractivity contribution in [2.24, 2.45) is 10.9 Å². The molecule has 0 saturated carbocycles. The smallest absolute Gasteiger partial charge is 0.231 e. The van der Waals surface area contributed by atoms with Gasteiger partial charge >= 0.3 is 0 Å². The molecule has 0 radical (unpaired) electrons. The number of ether oxygens (including phenoxy) is 1. The maximum atomic E-state index is 13.9. The van der Waals surface area contributed by atoms with Crippen molar-refractivity contribution in [1.82, 2.24) is 4.90 Å². The number of nitrogens with zero attached hydrogens (tertiary/aromatic N) is 2. The SMILES string of the molecule is CCOc1cc(C(C)(C)C)ccc1C1=NC(c2ccc(Cl)cc2)C(c2ccc(Cl)cc2)N1C(=O)C(C)C. The second kappa shape index (κ2) is 10.9. The van der Waals surface area contributed by atoms with Crippen molar-refractivity contribution in [3.8, 4) is 5.75 Å². The number of halogens is 2. The summed E-state index contributed by atoms with van der Waals surface area (Å²) in [5.74, 6) is 1.11. The third-order valence-corrected chi connectivity index (χ3v) is 7.11. The molecule has 0 bridgehead atoms. The molecule has 0 spiro atoms. The molecule has 1 heterocycles. The molecule has 1 aliphatic heterocycles. The van der Waals surface area contributed by atoms with Crippen LogP contribution in [0.3, 0.4) is 0 Å². The first-order valence-corrected chi connectivity index (χ1v) is 13.5. The largest absolute Gasteiger partial charge is 0.493 e. The maximum Gasteiger partial charge on any atom is 0.231 e. The Labute approximate surface area is 230 Å². The lowest BCUT2D eigenvalue weighted by atomic mass is 9.86. The summed E-state index contributed by atoms with van der Waals surface area (Å²) in [7, 11) is 0. The second-order valence-electron chi connectivity index (χ2n) is 10.7. The topological polar surface area (TPSA) is 41.9 Å². The molecule has 0 aliphatic carbocycles. The molecule has 4 nitrogen and oxygen atoms in total. The van der Waals surface area contributed by atoms with Crippen molar-refractivity contribution in [3.05, 3.63) is 99.0 Å². The Morgan fingerprint density at radius 2 is 1.51 bits per heavy atom. The Morgan fingerprint density at radius 3 is 2.03 bits per heavy atom. The molecule has 4 rings (SSSR count). The van der Waals surface area contributed by atoms with E-state index in [-0.39, 0.29) is 29.3 Å². The van der Waals surface area contributed by atoms with Gasteiger partial charge in [0.1, 0.15) is 17.6 Å². The van der Waals surface area contributed by atoms with E-state index in [4.69, 9.17) is 32.9 Å². The van der Waals surface area contributed by atoms with Crippen molar-refractivity contribution in [3.63, 3.8) is 0 Å². The predicted molar refractivity (Wildman–Crippen MR) is 153 cm³/mol. The van der Waals surface area contributed by atoms with Gasteiger partial charge in [-0.05, 0) is 65.4 Å². The van der Waals surface area contributed by atoms with Crippen LogP contribution in [0.1, 0.15) is 75.9 Å². The molecule has 0 fully saturated rings. The van der Waals surface area contributed by atoms with Crippen LogP contribution < -0.4 is 4.74 Å². The van der Waals surface area contributed by atoms with Gasteiger partial charge < -0.3 is 4.74 Å².